The maximum atomic E-state index is 11.6. The smallest absolute Gasteiger partial charge is 0.356 e. The molecule has 114 valence electrons. The van der Waals surface area contributed by atoms with Crippen molar-refractivity contribution in [2.24, 2.45) is 5.41 Å². The van der Waals surface area contributed by atoms with Crippen molar-refractivity contribution in [3.63, 3.8) is 0 Å². The van der Waals surface area contributed by atoms with Gasteiger partial charge in [0.15, 0.2) is 0 Å². The third-order valence-electron chi connectivity index (χ3n) is 4.19. The van der Waals surface area contributed by atoms with Crippen LogP contribution in [0.2, 0.25) is 0 Å². The minimum atomic E-state index is -0.799. The van der Waals surface area contributed by atoms with Gasteiger partial charge in [0, 0.05) is 17.9 Å². The van der Waals surface area contributed by atoms with Crippen molar-refractivity contribution in [2.45, 2.75) is 38.6 Å². The minimum absolute atomic E-state index is 0.170. The van der Waals surface area contributed by atoms with E-state index in [4.69, 9.17) is 0 Å². The average molecular weight is 292 g/mol. The number of pyridine rings is 1. The normalized spacial score (nSPS) is 25.1. The monoisotopic (exact) mass is 292 g/mol. The number of aliphatic carboxylic acids is 1. The number of anilines is 1. The molecule has 0 aliphatic heterocycles. The number of rotatable bonds is 4. The van der Waals surface area contributed by atoms with Crippen LogP contribution in [0.3, 0.4) is 0 Å². The summed E-state index contributed by atoms with van der Waals surface area (Å²) in [6, 6.07) is 3.14. The van der Waals surface area contributed by atoms with Gasteiger partial charge in [0.2, 0.25) is 0 Å². The lowest BCUT2D eigenvalue weighted by molar-refractivity contribution is -0.150. The molecule has 6 heteroatoms. The molecular formula is C15H20N2O4. The summed E-state index contributed by atoms with van der Waals surface area (Å²) < 4.78 is 4.64. The standard InChI is InChI=1S/C15H20N2O4/c1-15(14(19)20)7-4-3-5-12(15)17-10-6-8-16-11(9-10)13(18)21-2/h6,8-9,12H,3-5,7H2,1-2H3,(H,16,17)(H,19,20). The summed E-state index contributed by atoms with van der Waals surface area (Å²) in [6.07, 6.45) is 4.86. The topological polar surface area (TPSA) is 88.5 Å². The number of ether oxygens (including phenoxy) is 1. The molecule has 1 aromatic rings. The van der Waals surface area contributed by atoms with E-state index in [2.05, 4.69) is 15.0 Å². The van der Waals surface area contributed by atoms with Crippen LogP contribution in [0.1, 0.15) is 43.1 Å². The second-order valence-electron chi connectivity index (χ2n) is 5.59. The van der Waals surface area contributed by atoms with Crippen LogP contribution in [0.5, 0.6) is 0 Å². The van der Waals surface area contributed by atoms with E-state index in [0.29, 0.717) is 12.1 Å². The summed E-state index contributed by atoms with van der Waals surface area (Å²) >= 11 is 0. The highest BCUT2D eigenvalue weighted by atomic mass is 16.5. The van der Waals surface area contributed by atoms with Crippen LogP contribution in [0.4, 0.5) is 5.69 Å². The van der Waals surface area contributed by atoms with Gasteiger partial charge in [0.25, 0.3) is 0 Å². The van der Waals surface area contributed by atoms with Crippen molar-refractivity contribution < 1.29 is 19.4 Å². The fourth-order valence-corrected chi connectivity index (χ4v) is 2.76. The van der Waals surface area contributed by atoms with Crippen molar-refractivity contribution in [3.8, 4) is 0 Å². The lowest BCUT2D eigenvalue weighted by Gasteiger charge is -2.38. The highest BCUT2D eigenvalue weighted by Crippen LogP contribution is 2.38. The van der Waals surface area contributed by atoms with Crippen LogP contribution >= 0.6 is 0 Å². The van der Waals surface area contributed by atoms with Gasteiger partial charge in [-0.15, -0.1) is 0 Å². The third-order valence-corrected chi connectivity index (χ3v) is 4.19. The summed E-state index contributed by atoms with van der Waals surface area (Å²) in [7, 11) is 1.30. The number of hydrogen-bond donors (Lipinski definition) is 2. The van der Waals surface area contributed by atoms with E-state index in [1.54, 1.807) is 19.1 Å². The second kappa shape index (κ2) is 6.11. The molecule has 0 radical (unpaired) electrons. The minimum Gasteiger partial charge on any atom is -0.481 e. The lowest BCUT2D eigenvalue weighted by Crippen LogP contribution is -2.46. The van der Waals surface area contributed by atoms with Crippen molar-refractivity contribution in [3.05, 3.63) is 24.0 Å². The Kier molecular flexibility index (Phi) is 4.45. The van der Waals surface area contributed by atoms with Crippen molar-refractivity contribution in [1.82, 2.24) is 4.98 Å². The number of carboxylic acid groups (broad SMARTS) is 1. The van der Waals surface area contributed by atoms with Gasteiger partial charge in [-0.2, -0.15) is 0 Å². The van der Waals surface area contributed by atoms with Crippen LogP contribution < -0.4 is 5.32 Å². The molecule has 2 N–H and O–H groups in total. The van der Waals surface area contributed by atoms with Gasteiger partial charge in [0.05, 0.1) is 12.5 Å². The Morgan fingerprint density at radius 3 is 2.90 bits per heavy atom. The van der Waals surface area contributed by atoms with E-state index < -0.39 is 17.4 Å². The summed E-state index contributed by atoms with van der Waals surface area (Å²) in [5.74, 6) is -1.30. The third kappa shape index (κ3) is 3.15. The zero-order chi connectivity index (χ0) is 15.5. The number of carboxylic acids is 1. The molecule has 1 saturated carbocycles. The van der Waals surface area contributed by atoms with E-state index in [1.807, 2.05) is 0 Å². The van der Waals surface area contributed by atoms with E-state index in [0.717, 1.165) is 19.3 Å². The molecule has 1 aromatic heterocycles. The summed E-state index contributed by atoms with van der Waals surface area (Å²) in [5, 5.41) is 12.7. The fraction of sp³-hybridized carbons (Fsp3) is 0.533. The first-order valence-electron chi connectivity index (χ1n) is 7.01. The molecular weight excluding hydrogens is 272 g/mol. The first kappa shape index (κ1) is 15.3. The quantitative estimate of drug-likeness (QED) is 0.828. The van der Waals surface area contributed by atoms with Crippen molar-refractivity contribution >= 4 is 17.6 Å². The van der Waals surface area contributed by atoms with Crippen LogP contribution in [-0.4, -0.2) is 35.2 Å². The van der Waals surface area contributed by atoms with Gasteiger partial charge in [-0.25, -0.2) is 9.78 Å². The number of carbonyl (C=O) groups is 2. The fourth-order valence-electron chi connectivity index (χ4n) is 2.76. The highest BCUT2D eigenvalue weighted by Gasteiger charge is 2.43. The molecule has 0 aromatic carbocycles. The predicted octanol–water partition coefficient (Wildman–Crippen LogP) is 2.31. The Bertz CT molecular complexity index is 546. The number of nitrogens with one attached hydrogen (secondary N) is 1. The Morgan fingerprint density at radius 2 is 2.24 bits per heavy atom. The maximum absolute atomic E-state index is 11.6. The highest BCUT2D eigenvalue weighted by molar-refractivity contribution is 5.88. The predicted molar refractivity (Wildman–Crippen MR) is 77.2 cm³/mol. The molecule has 2 rings (SSSR count). The first-order valence-corrected chi connectivity index (χ1v) is 7.01. The molecule has 21 heavy (non-hydrogen) atoms. The second-order valence-corrected chi connectivity index (χ2v) is 5.59. The Labute approximate surface area is 123 Å². The number of nitrogens with zero attached hydrogens (tertiary/aromatic N) is 1. The first-order chi connectivity index (χ1) is 9.97. The molecule has 1 aliphatic carbocycles. The van der Waals surface area contributed by atoms with Crippen molar-refractivity contribution in [1.29, 1.82) is 0 Å². The molecule has 1 heterocycles. The van der Waals surface area contributed by atoms with E-state index >= 15 is 0 Å². The molecule has 2 unspecified atom stereocenters. The van der Waals surface area contributed by atoms with Gasteiger partial charge < -0.3 is 15.2 Å². The van der Waals surface area contributed by atoms with Gasteiger partial charge in [0.1, 0.15) is 5.69 Å². The molecule has 0 bridgehead atoms. The number of hydrogen-bond acceptors (Lipinski definition) is 5. The SMILES string of the molecule is COC(=O)c1cc(NC2CCCCC2(C)C(=O)O)ccn1. The molecule has 2 atom stereocenters. The van der Waals surface area contributed by atoms with E-state index in [-0.39, 0.29) is 11.7 Å². The summed E-state index contributed by atoms with van der Waals surface area (Å²) in [6.45, 7) is 1.77. The zero-order valence-corrected chi connectivity index (χ0v) is 12.3. The lowest BCUT2D eigenvalue weighted by atomic mass is 9.71. The number of esters is 1. The molecule has 6 nitrogen and oxygen atoms in total. The van der Waals surface area contributed by atoms with Crippen LogP contribution in [0.25, 0.3) is 0 Å². The van der Waals surface area contributed by atoms with Gasteiger partial charge in [-0.1, -0.05) is 12.8 Å². The Balaban J connectivity index is 2.20. The zero-order valence-electron chi connectivity index (χ0n) is 12.3. The number of aromatic nitrogens is 1. The van der Waals surface area contributed by atoms with E-state index in [9.17, 15) is 14.7 Å². The van der Waals surface area contributed by atoms with Crippen molar-refractivity contribution in [2.75, 3.05) is 12.4 Å². The van der Waals surface area contributed by atoms with Gasteiger partial charge in [-0.3, -0.25) is 4.79 Å². The maximum Gasteiger partial charge on any atom is 0.356 e. The molecule has 0 saturated heterocycles. The largest absolute Gasteiger partial charge is 0.481 e. The number of methoxy groups -OCH3 is 1. The summed E-state index contributed by atoms with van der Waals surface area (Å²) in [5.41, 5.74) is 0.0903. The van der Waals surface area contributed by atoms with Crippen LogP contribution in [0.15, 0.2) is 18.3 Å². The van der Waals surface area contributed by atoms with Gasteiger partial charge in [-0.05, 0) is 31.9 Å². The Hall–Kier alpha value is -2.11. The molecule has 1 aliphatic rings. The van der Waals surface area contributed by atoms with Gasteiger partial charge >= 0.3 is 11.9 Å². The summed E-state index contributed by atoms with van der Waals surface area (Å²) in [4.78, 5) is 27.0. The molecule has 1 fully saturated rings. The number of carbonyl (C=O) groups excluding carboxylic acids is 1. The van der Waals surface area contributed by atoms with E-state index in [1.165, 1.54) is 13.3 Å². The Morgan fingerprint density at radius 1 is 1.48 bits per heavy atom. The van der Waals surface area contributed by atoms with Crippen LogP contribution in [0, 0.1) is 5.41 Å². The molecule has 0 spiro atoms. The molecule has 0 amide bonds. The average Bonchev–Trinajstić information content (AvgIpc) is 2.49. The van der Waals surface area contributed by atoms with Crippen LogP contribution in [-0.2, 0) is 9.53 Å².